The third-order valence-corrected chi connectivity index (χ3v) is 8.76. The summed E-state index contributed by atoms with van der Waals surface area (Å²) >= 11 is 0. The van der Waals surface area contributed by atoms with Crippen LogP contribution in [0.1, 0.15) is 61.1 Å². The summed E-state index contributed by atoms with van der Waals surface area (Å²) in [5.74, 6) is 2.26. The molecule has 0 N–H and O–H groups in total. The second kappa shape index (κ2) is 4.50. The summed E-state index contributed by atoms with van der Waals surface area (Å²) in [6.07, 6.45) is 9.36. The Balaban J connectivity index is 1.59. The van der Waals surface area contributed by atoms with E-state index >= 15 is 0 Å². The topological polar surface area (TPSA) is 17.1 Å². The van der Waals surface area contributed by atoms with Crippen LogP contribution < -0.4 is 0 Å². The molecule has 1 fully saturated rings. The molecule has 4 unspecified atom stereocenters. The summed E-state index contributed by atoms with van der Waals surface area (Å²) in [6, 6.07) is 11.7. The van der Waals surface area contributed by atoms with Gasteiger partial charge in [0.1, 0.15) is 5.78 Å². The second-order valence-corrected chi connectivity index (χ2v) is 9.63. The van der Waals surface area contributed by atoms with Crippen molar-refractivity contribution in [1.82, 2.24) is 0 Å². The molecule has 10 aliphatic carbocycles. The van der Waals surface area contributed by atoms with E-state index in [2.05, 4.69) is 30.3 Å². The molecule has 1 heteroatoms. The van der Waals surface area contributed by atoms with Crippen molar-refractivity contribution >= 4 is 16.6 Å². The molecule has 1 nitrogen and oxygen atoms in total. The highest BCUT2D eigenvalue weighted by atomic mass is 16.1. The van der Waals surface area contributed by atoms with Crippen LogP contribution in [0.3, 0.4) is 0 Å². The van der Waals surface area contributed by atoms with E-state index in [-0.39, 0.29) is 11.3 Å². The molecule has 2 aromatic carbocycles. The lowest BCUT2D eigenvalue weighted by molar-refractivity contribution is -0.126. The van der Waals surface area contributed by atoms with E-state index in [1.807, 2.05) is 0 Å². The van der Waals surface area contributed by atoms with Gasteiger partial charge in [-0.2, -0.15) is 0 Å². The van der Waals surface area contributed by atoms with Crippen molar-refractivity contribution in [2.24, 2.45) is 17.3 Å². The predicted molar refractivity (Wildman–Crippen MR) is 103 cm³/mol. The molecular weight excluding hydrogens is 316 g/mol. The Bertz CT molecular complexity index is 1040. The number of Topliss-reactive ketones (excluding diaryl/α,β-unsaturated/α-hetero) is 1. The van der Waals surface area contributed by atoms with E-state index in [4.69, 9.17) is 0 Å². The Morgan fingerprint density at radius 3 is 2.92 bits per heavy atom. The monoisotopic (exact) mass is 340 g/mol. The summed E-state index contributed by atoms with van der Waals surface area (Å²) in [5.41, 5.74) is 8.11. The summed E-state index contributed by atoms with van der Waals surface area (Å²) in [4.78, 5) is 13.3. The van der Waals surface area contributed by atoms with Crippen LogP contribution in [0.5, 0.6) is 0 Å². The van der Waals surface area contributed by atoms with Crippen LogP contribution in [0.2, 0.25) is 0 Å². The fourth-order valence-electron chi connectivity index (χ4n) is 7.69. The first-order valence-electron chi connectivity index (χ1n) is 10.5. The maximum atomic E-state index is 13.3. The highest BCUT2D eigenvalue weighted by Crippen LogP contribution is 2.66. The maximum Gasteiger partial charge on any atom is 0.141 e. The zero-order chi connectivity index (χ0) is 17.0. The number of ketones is 1. The van der Waals surface area contributed by atoms with Gasteiger partial charge in [-0.05, 0) is 84.2 Å². The first-order chi connectivity index (χ1) is 12.7. The molecule has 0 heterocycles. The van der Waals surface area contributed by atoms with Crippen molar-refractivity contribution in [3.8, 4) is 0 Å². The van der Waals surface area contributed by atoms with Gasteiger partial charge in [0.05, 0.1) is 0 Å². The number of benzene rings is 2. The second-order valence-electron chi connectivity index (χ2n) is 9.63. The van der Waals surface area contributed by atoms with Crippen LogP contribution in [0.15, 0.2) is 41.5 Å². The molecule has 0 aromatic heterocycles. The minimum atomic E-state index is 0.238. The molecular formula is C25H24O. The standard InChI is InChI=1S/C25H24O/c26-24-12-18-10-20-14-2-1-3-19(20)15-4-5-22-21(9-15)16-6-7-25(22,13-16)23(24)11-17(18)8-14/h1-3,8,10,15-16,23H,4-7,9,11-13H2. The average Bonchev–Trinajstić information content (AvgIpc) is 3.23. The number of hydrogen-bond acceptors (Lipinski definition) is 1. The Hall–Kier alpha value is -1.89. The van der Waals surface area contributed by atoms with Gasteiger partial charge in [0.15, 0.2) is 0 Å². The zero-order valence-electron chi connectivity index (χ0n) is 15.2. The first-order valence-corrected chi connectivity index (χ1v) is 10.5. The van der Waals surface area contributed by atoms with E-state index in [0.29, 0.717) is 18.1 Å². The fourth-order valence-corrected chi connectivity index (χ4v) is 7.69. The van der Waals surface area contributed by atoms with Crippen LogP contribution in [-0.4, -0.2) is 5.78 Å². The van der Waals surface area contributed by atoms with Crippen molar-refractivity contribution in [3.05, 3.63) is 58.2 Å². The van der Waals surface area contributed by atoms with Crippen LogP contribution in [0.4, 0.5) is 0 Å². The molecule has 2 aromatic rings. The van der Waals surface area contributed by atoms with Crippen LogP contribution in [0, 0.1) is 17.3 Å². The van der Waals surface area contributed by atoms with Crippen molar-refractivity contribution in [2.75, 3.05) is 0 Å². The molecule has 0 saturated heterocycles. The zero-order valence-corrected chi connectivity index (χ0v) is 15.2. The van der Waals surface area contributed by atoms with Crippen molar-refractivity contribution in [3.63, 3.8) is 0 Å². The minimum absolute atomic E-state index is 0.238. The Labute approximate surface area is 154 Å². The number of hydrogen-bond donors (Lipinski definition) is 0. The minimum Gasteiger partial charge on any atom is -0.299 e. The quantitative estimate of drug-likeness (QED) is 0.579. The van der Waals surface area contributed by atoms with E-state index in [1.165, 1.54) is 60.4 Å². The lowest BCUT2D eigenvalue weighted by atomic mass is 9.59. The summed E-state index contributed by atoms with van der Waals surface area (Å²) in [5, 5.41) is 2.81. The van der Waals surface area contributed by atoms with Crippen molar-refractivity contribution < 1.29 is 4.79 Å². The average molecular weight is 340 g/mol. The molecule has 0 amide bonds. The summed E-state index contributed by atoms with van der Waals surface area (Å²) in [7, 11) is 0. The Kier molecular flexibility index (Phi) is 2.46. The van der Waals surface area contributed by atoms with Crippen LogP contribution >= 0.6 is 0 Å². The molecule has 11 bridgehead atoms. The SMILES string of the molecule is O=C1Cc2cc3c4cccc3cc2CC1C12CCC(C1)C1=C2CCC4C1. The van der Waals surface area contributed by atoms with Gasteiger partial charge < -0.3 is 0 Å². The van der Waals surface area contributed by atoms with Crippen molar-refractivity contribution in [1.29, 1.82) is 0 Å². The molecule has 12 rings (SSSR count). The number of fused-ring (bicyclic) bond motifs is 1. The molecule has 26 heavy (non-hydrogen) atoms. The third-order valence-electron chi connectivity index (χ3n) is 8.76. The number of rotatable bonds is 0. The van der Waals surface area contributed by atoms with Gasteiger partial charge in [-0.25, -0.2) is 0 Å². The van der Waals surface area contributed by atoms with Crippen molar-refractivity contribution in [2.45, 2.75) is 57.3 Å². The van der Waals surface area contributed by atoms with E-state index in [0.717, 1.165) is 12.3 Å². The van der Waals surface area contributed by atoms with Gasteiger partial charge in [-0.3, -0.25) is 4.79 Å². The summed E-state index contributed by atoms with van der Waals surface area (Å²) < 4.78 is 0. The Morgan fingerprint density at radius 2 is 1.96 bits per heavy atom. The molecule has 4 atom stereocenters. The van der Waals surface area contributed by atoms with Gasteiger partial charge in [0.25, 0.3) is 0 Å². The normalized spacial score (nSPS) is 36.5. The van der Waals surface area contributed by atoms with Gasteiger partial charge >= 0.3 is 0 Å². The van der Waals surface area contributed by atoms with Gasteiger partial charge in [-0.1, -0.05) is 41.5 Å². The highest BCUT2D eigenvalue weighted by molar-refractivity contribution is 5.93. The Morgan fingerprint density at radius 1 is 1.00 bits per heavy atom. The summed E-state index contributed by atoms with van der Waals surface area (Å²) in [6.45, 7) is 0. The van der Waals surface area contributed by atoms with Gasteiger partial charge in [0, 0.05) is 17.8 Å². The predicted octanol–water partition coefficient (Wildman–Crippen LogP) is 5.50. The molecule has 0 radical (unpaired) electrons. The lowest BCUT2D eigenvalue weighted by Crippen LogP contribution is -2.40. The lowest BCUT2D eigenvalue weighted by Gasteiger charge is -2.43. The first kappa shape index (κ1) is 14.2. The molecule has 0 aliphatic heterocycles. The van der Waals surface area contributed by atoms with Crippen LogP contribution in [-0.2, 0) is 17.6 Å². The van der Waals surface area contributed by atoms with E-state index < -0.39 is 0 Å². The fraction of sp³-hybridized carbons (Fsp3) is 0.480. The van der Waals surface area contributed by atoms with Crippen LogP contribution in [0.25, 0.3) is 10.8 Å². The largest absolute Gasteiger partial charge is 0.299 e. The molecule has 1 spiro atoms. The molecule has 10 aliphatic rings. The van der Waals surface area contributed by atoms with Gasteiger partial charge in [-0.15, -0.1) is 0 Å². The van der Waals surface area contributed by atoms with E-state index in [9.17, 15) is 4.79 Å². The third kappa shape index (κ3) is 1.54. The number of allylic oxidation sites excluding steroid dienone is 2. The maximum absolute atomic E-state index is 13.3. The molecule has 1 saturated carbocycles. The van der Waals surface area contributed by atoms with Gasteiger partial charge in [0.2, 0.25) is 0 Å². The highest BCUT2D eigenvalue weighted by Gasteiger charge is 2.57. The van der Waals surface area contributed by atoms with E-state index in [1.54, 1.807) is 16.7 Å². The molecule has 130 valence electrons. The number of carbonyl (C=O) groups is 1. The number of carbonyl (C=O) groups excluding carboxylic acids is 1. The smallest absolute Gasteiger partial charge is 0.141 e.